The molecule has 0 unspecified atom stereocenters. The summed E-state index contributed by atoms with van der Waals surface area (Å²) in [6.07, 6.45) is 0. The minimum Gasteiger partial charge on any atom is -0.268 e. The first kappa shape index (κ1) is 8.97. The summed E-state index contributed by atoms with van der Waals surface area (Å²) < 4.78 is 2.94. The van der Waals surface area contributed by atoms with Crippen molar-refractivity contribution in [2.24, 2.45) is 0 Å². The molecule has 2 aromatic heterocycles. The lowest BCUT2D eigenvalue weighted by molar-refractivity contribution is 0.420. The maximum Gasteiger partial charge on any atom is 0.269 e. The summed E-state index contributed by atoms with van der Waals surface area (Å²) in [6.45, 7) is 6.15. The zero-order chi connectivity index (χ0) is 9.64. The van der Waals surface area contributed by atoms with Crippen molar-refractivity contribution >= 4 is 33.0 Å². The van der Waals surface area contributed by atoms with E-state index in [0.29, 0.717) is 0 Å². The molecule has 0 aromatic carbocycles. The summed E-state index contributed by atoms with van der Waals surface area (Å²) in [5.41, 5.74) is 0.0482. The third-order valence-electron chi connectivity index (χ3n) is 1.84. The van der Waals surface area contributed by atoms with Crippen molar-refractivity contribution in [2.45, 2.75) is 26.3 Å². The number of hydrogen-bond acceptors (Lipinski definition) is 3. The highest BCUT2D eigenvalue weighted by molar-refractivity contribution is 7.19. The molecule has 0 amide bonds. The Morgan fingerprint density at radius 3 is 2.54 bits per heavy atom. The first-order chi connectivity index (χ1) is 6.00. The van der Waals surface area contributed by atoms with Gasteiger partial charge in [-0.3, -0.25) is 8.75 Å². The third-order valence-corrected chi connectivity index (χ3v) is 4.16. The van der Waals surface area contributed by atoms with Crippen molar-refractivity contribution in [1.29, 1.82) is 0 Å². The van der Waals surface area contributed by atoms with Gasteiger partial charge in [-0.05, 0) is 20.8 Å². The summed E-state index contributed by atoms with van der Waals surface area (Å²) in [5, 5.41) is 4.82. The van der Waals surface area contributed by atoms with Gasteiger partial charge in [-0.2, -0.15) is 11.3 Å². The Kier molecular flexibility index (Phi) is 1.85. The van der Waals surface area contributed by atoms with Crippen LogP contribution in [-0.4, -0.2) is 3.96 Å². The first-order valence-electron chi connectivity index (χ1n) is 4.09. The van der Waals surface area contributed by atoms with Crippen molar-refractivity contribution in [3.05, 3.63) is 21.1 Å². The molecule has 0 atom stereocenters. The lowest BCUT2D eigenvalue weighted by Gasteiger charge is -2.18. The van der Waals surface area contributed by atoms with Crippen molar-refractivity contribution in [2.75, 3.05) is 0 Å². The van der Waals surface area contributed by atoms with E-state index in [2.05, 4.69) is 0 Å². The van der Waals surface area contributed by atoms with Crippen LogP contribution >= 0.6 is 22.9 Å². The molecule has 0 fully saturated rings. The normalized spacial score (nSPS) is 12.5. The number of rotatable bonds is 0. The van der Waals surface area contributed by atoms with E-state index in [1.165, 1.54) is 0 Å². The Morgan fingerprint density at radius 1 is 1.31 bits per heavy atom. The van der Waals surface area contributed by atoms with Crippen molar-refractivity contribution < 1.29 is 0 Å². The Balaban J connectivity index is 2.79. The smallest absolute Gasteiger partial charge is 0.268 e. The molecule has 0 aliphatic carbocycles. The van der Waals surface area contributed by atoms with Crippen LogP contribution in [0, 0.1) is 0 Å². The molecular formula is C9H11NOS2. The van der Waals surface area contributed by atoms with Gasteiger partial charge in [-0.1, -0.05) is 11.5 Å². The molecule has 2 heterocycles. The van der Waals surface area contributed by atoms with E-state index in [1.807, 2.05) is 35.5 Å². The van der Waals surface area contributed by atoms with Gasteiger partial charge in [0.2, 0.25) is 0 Å². The van der Waals surface area contributed by atoms with E-state index in [9.17, 15) is 4.79 Å². The van der Waals surface area contributed by atoms with Crippen LogP contribution in [0.5, 0.6) is 0 Å². The molecule has 0 saturated carbocycles. The Morgan fingerprint density at radius 2 is 2.00 bits per heavy atom. The van der Waals surface area contributed by atoms with Crippen LogP contribution in [0.3, 0.4) is 0 Å². The van der Waals surface area contributed by atoms with Crippen molar-refractivity contribution in [3.63, 3.8) is 0 Å². The Labute approximate surface area is 84.6 Å². The maximum atomic E-state index is 11.8. The van der Waals surface area contributed by atoms with E-state index in [-0.39, 0.29) is 11.1 Å². The van der Waals surface area contributed by atoms with Crippen LogP contribution in [0.25, 0.3) is 10.1 Å². The minimum atomic E-state index is -0.0988. The van der Waals surface area contributed by atoms with Crippen LogP contribution in [0.2, 0.25) is 0 Å². The molecular weight excluding hydrogens is 202 g/mol. The van der Waals surface area contributed by atoms with Gasteiger partial charge in [-0.25, -0.2) is 0 Å². The fraction of sp³-hybridized carbons (Fsp3) is 0.444. The largest absolute Gasteiger partial charge is 0.269 e. The van der Waals surface area contributed by atoms with Crippen LogP contribution < -0.4 is 5.56 Å². The van der Waals surface area contributed by atoms with Gasteiger partial charge in [0.05, 0.1) is 15.6 Å². The van der Waals surface area contributed by atoms with Crippen LogP contribution in [-0.2, 0) is 5.54 Å². The lowest BCUT2D eigenvalue weighted by atomic mass is 10.1. The molecule has 0 aliphatic heterocycles. The molecule has 0 N–H and O–H groups in total. The van der Waals surface area contributed by atoms with E-state index in [1.54, 1.807) is 22.9 Å². The predicted octanol–water partition coefficient (Wildman–Crippen LogP) is 2.88. The molecule has 13 heavy (non-hydrogen) atoms. The molecule has 0 spiro atoms. The molecule has 2 rings (SSSR count). The number of nitrogens with zero attached hydrogens (tertiary/aromatic N) is 1. The molecule has 0 aliphatic rings. The highest BCUT2D eigenvalue weighted by atomic mass is 32.1. The summed E-state index contributed by atoms with van der Waals surface area (Å²) >= 11 is 3.14. The molecule has 0 radical (unpaired) electrons. The molecule has 0 saturated heterocycles. The average Bonchev–Trinajstić information content (AvgIpc) is 2.51. The number of fused-ring (bicyclic) bond motifs is 1. The standard InChI is InChI=1S/C9H11NOS2/c1-9(2,3)10-8(11)6-4-12-5-7(6)13-10/h4-5H,1-3H3. The molecule has 0 bridgehead atoms. The van der Waals surface area contributed by atoms with Gasteiger partial charge in [0.25, 0.3) is 5.56 Å². The average molecular weight is 213 g/mol. The first-order valence-corrected chi connectivity index (χ1v) is 5.80. The minimum absolute atomic E-state index is 0.0988. The lowest BCUT2D eigenvalue weighted by Crippen LogP contribution is -2.28. The fourth-order valence-electron chi connectivity index (χ4n) is 1.20. The van der Waals surface area contributed by atoms with E-state index in [0.717, 1.165) is 10.1 Å². The molecule has 4 heteroatoms. The maximum absolute atomic E-state index is 11.8. The number of thiophene rings is 1. The van der Waals surface area contributed by atoms with E-state index >= 15 is 0 Å². The summed E-state index contributed by atoms with van der Waals surface area (Å²) in [4.78, 5) is 11.8. The van der Waals surface area contributed by atoms with Gasteiger partial charge in [0.1, 0.15) is 0 Å². The second kappa shape index (κ2) is 2.69. The zero-order valence-corrected chi connectivity index (χ0v) is 9.46. The van der Waals surface area contributed by atoms with Crippen molar-refractivity contribution in [1.82, 2.24) is 3.96 Å². The summed E-state index contributed by atoms with van der Waals surface area (Å²) in [7, 11) is 0. The molecule has 70 valence electrons. The highest BCUT2D eigenvalue weighted by Crippen LogP contribution is 2.25. The van der Waals surface area contributed by atoms with Gasteiger partial charge in [0.15, 0.2) is 0 Å². The van der Waals surface area contributed by atoms with Crippen LogP contribution in [0.1, 0.15) is 20.8 Å². The second-order valence-electron chi connectivity index (χ2n) is 4.01. The van der Waals surface area contributed by atoms with Gasteiger partial charge < -0.3 is 0 Å². The topological polar surface area (TPSA) is 22.0 Å². The highest BCUT2D eigenvalue weighted by Gasteiger charge is 2.18. The zero-order valence-electron chi connectivity index (χ0n) is 7.83. The Hall–Kier alpha value is -0.610. The van der Waals surface area contributed by atoms with E-state index < -0.39 is 0 Å². The van der Waals surface area contributed by atoms with Gasteiger partial charge in [-0.15, -0.1) is 0 Å². The quantitative estimate of drug-likeness (QED) is 0.659. The fourth-order valence-corrected chi connectivity index (χ4v) is 3.19. The second-order valence-corrected chi connectivity index (χ2v) is 5.74. The predicted molar refractivity (Wildman–Crippen MR) is 59.0 cm³/mol. The SMILES string of the molecule is CC(C)(C)n1sc2cscc2c1=O. The number of aromatic nitrogens is 1. The Bertz CT molecular complexity index is 483. The van der Waals surface area contributed by atoms with Crippen LogP contribution in [0.4, 0.5) is 0 Å². The number of hydrogen-bond donors (Lipinski definition) is 0. The molecule has 2 nitrogen and oxygen atoms in total. The van der Waals surface area contributed by atoms with Crippen LogP contribution in [0.15, 0.2) is 15.6 Å². The summed E-state index contributed by atoms with van der Waals surface area (Å²) in [5.74, 6) is 0. The monoisotopic (exact) mass is 213 g/mol. The van der Waals surface area contributed by atoms with E-state index in [4.69, 9.17) is 0 Å². The molecule has 2 aromatic rings. The van der Waals surface area contributed by atoms with Gasteiger partial charge >= 0.3 is 0 Å². The van der Waals surface area contributed by atoms with Gasteiger partial charge in [0, 0.05) is 10.8 Å². The van der Waals surface area contributed by atoms with Crippen molar-refractivity contribution in [3.8, 4) is 0 Å². The third kappa shape index (κ3) is 1.34. The summed E-state index contributed by atoms with van der Waals surface area (Å²) in [6, 6.07) is 0.